The lowest BCUT2D eigenvalue weighted by Gasteiger charge is -2.15. The van der Waals surface area contributed by atoms with Crippen molar-refractivity contribution < 1.29 is 18.4 Å². The molecular formula is C15H18F2N2O2. The molecule has 6 heteroatoms. The molecule has 0 heterocycles. The first kappa shape index (κ1) is 15.6. The van der Waals surface area contributed by atoms with E-state index in [2.05, 4.69) is 5.32 Å². The van der Waals surface area contributed by atoms with Gasteiger partial charge in [0.2, 0.25) is 5.91 Å². The number of benzene rings is 1. The van der Waals surface area contributed by atoms with Crippen LogP contribution >= 0.6 is 0 Å². The number of ketones is 1. The summed E-state index contributed by atoms with van der Waals surface area (Å²) in [4.78, 5) is 23.6. The fourth-order valence-corrected chi connectivity index (χ4v) is 2.22. The molecule has 0 saturated heterocycles. The number of carbonyl (C=O) groups excluding carboxylic acids is 2. The van der Waals surface area contributed by atoms with Crippen LogP contribution in [-0.2, 0) is 4.79 Å². The van der Waals surface area contributed by atoms with Gasteiger partial charge < -0.3 is 11.1 Å². The fraction of sp³-hybridized carbons (Fsp3) is 0.467. The highest BCUT2D eigenvalue weighted by Gasteiger charge is 2.31. The SMILES string of the molecule is NCC(NC(=O)CCC(=O)c1ccc(F)cc1F)C1CC1. The third-order valence-electron chi connectivity index (χ3n) is 3.60. The molecule has 1 unspecified atom stereocenters. The topological polar surface area (TPSA) is 72.2 Å². The standard InChI is InChI=1S/C15H18F2N2O2/c16-10-3-4-11(12(17)7-10)14(20)5-6-15(21)19-13(8-18)9-1-2-9/h3-4,7,9,13H,1-2,5-6,8,18H2,(H,19,21). The molecule has 1 saturated carbocycles. The number of hydrogen-bond donors (Lipinski definition) is 2. The van der Waals surface area contributed by atoms with Crippen molar-refractivity contribution in [3.8, 4) is 0 Å². The van der Waals surface area contributed by atoms with Gasteiger partial charge in [-0.2, -0.15) is 0 Å². The summed E-state index contributed by atoms with van der Waals surface area (Å²) in [5.41, 5.74) is 5.38. The van der Waals surface area contributed by atoms with Crippen LogP contribution in [0.4, 0.5) is 8.78 Å². The van der Waals surface area contributed by atoms with E-state index in [-0.39, 0.29) is 30.4 Å². The first-order valence-corrected chi connectivity index (χ1v) is 6.99. The maximum atomic E-state index is 13.4. The zero-order chi connectivity index (χ0) is 15.4. The van der Waals surface area contributed by atoms with Crippen molar-refractivity contribution in [1.82, 2.24) is 5.32 Å². The van der Waals surface area contributed by atoms with Gasteiger partial charge in [0, 0.05) is 31.5 Å². The summed E-state index contributed by atoms with van der Waals surface area (Å²) < 4.78 is 26.2. The number of halogens is 2. The molecule has 0 spiro atoms. The molecule has 114 valence electrons. The molecule has 1 fully saturated rings. The first-order valence-electron chi connectivity index (χ1n) is 6.99. The Kier molecular flexibility index (Phi) is 5.01. The number of Topliss-reactive ketones (excluding diaryl/α,β-unsaturated/α-hetero) is 1. The van der Waals surface area contributed by atoms with Crippen molar-refractivity contribution >= 4 is 11.7 Å². The Morgan fingerprint density at radius 1 is 1.29 bits per heavy atom. The van der Waals surface area contributed by atoms with Crippen LogP contribution in [0.15, 0.2) is 18.2 Å². The number of nitrogens with one attached hydrogen (secondary N) is 1. The van der Waals surface area contributed by atoms with Gasteiger partial charge in [-0.15, -0.1) is 0 Å². The Bertz CT molecular complexity index is 544. The monoisotopic (exact) mass is 296 g/mol. The van der Waals surface area contributed by atoms with E-state index in [9.17, 15) is 18.4 Å². The number of rotatable bonds is 7. The lowest BCUT2D eigenvalue weighted by molar-refractivity contribution is -0.121. The largest absolute Gasteiger partial charge is 0.352 e. The molecule has 1 aromatic carbocycles. The summed E-state index contributed by atoms with van der Waals surface area (Å²) in [5, 5.41) is 2.79. The molecule has 1 atom stereocenters. The van der Waals surface area contributed by atoms with Crippen LogP contribution in [0, 0.1) is 17.6 Å². The van der Waals surface area contributed by atoms with Crippen LogP contribution in [0.5, 0.6) is 0 Å². The molecule has 0 radical (unpaired) electrons. The average Bonchev–Trinajstić information content (AvgIpc) is 3.26. The van der Waals surface area contributed by atoms with Crippen molar-refractivity contribution in [3.63, 3.8) is 0 Å². The second-order valence-corrected chi connectivity index (χ2v) is 5.29. The molecule has 0 bridgehead atoms. The van der Waals surface area contributed by atoms with Crippen LogP contribution in [0.3, 0.4) is 0 Å². The summed E-state index contributed by atoms with van der Waals surface area (Å²) >= 11 is 0. The Labute approximate surface area is 121 Å². The Morgan fingerprint density at radius 3 is 2.57 bits per heavy atom. The zero-order valence-electron chi connectivity index (χ0n) is 11.6. The normalized spacial score (nSPS) is 15.6. The van der Waals surface area contributed by atoms with E-state index in [4.69, 9.17) is 5.73 Å². The summed E-state index contributed by atoms with van der Waals surface area (Å²) in [6.45, 7) is 0.372. The maximum absolute atomic E-state index is 13.4. The van der Waals surface area contributed by atoms with Crippen molar-refractivity contribution in [1.29, 1.82) is 0 Å². The number of carbonyl (C=O) groups is 2. The van der Waals surface area contributed by atoms with Crippen molar-refractivity contribution in [2.45, 2.75) is 31.7 Å². The average molecular weight is 296 g/mol. The van der Waals surface area contributed by atoms with E-state index in [1.165, 1.54) is 0 Å². The lowest BCUT2D eigenvalue weighted by Crippen LogP contribution is -2.41. The smallest absolute Gasteiger partial charge is 0.220 e. The number of amides is 1. The van der Waals surface area contributed by atoms with Gasteiger partial charge in [0.25, 0.3) is 0 Å². The molecule has 0 aliphatic heterocycles. The van der Waals surface area contributed by atoms with E-state index in [1.54, 1.807) is 0 Å². The van der Waals surface area contributed by atoms with Crippen molar-refractivity contribution in [2.24, 2.45) is 11.7 Å². The van der Waals surface area contributed by atoms with Crippen LogP contribution in [0.25, 0.3) is 0 Å². The van der Waals surface area contributed by atoms with Gasteiger partial charge in [-0.1, -0.05) is 0 Å². The van der Waals surface area contributed by atoms with E-state index >= 15 is 0 Å². The quantitative estimate of drug-likeness (QED) is 0.753. The number of nitrogens with two attached hydrogens (primary N) is 1. The highest BCUT2D eigenvalue weighted by molar-refractivity contribution is 5.98. The van der Waals surface area contributed by atoms with E-state index < -0.39 is 17.4 Å². The Hall–Kier alpha value is -1.82. The van der Waals surface area contributed by atoms with Gasteiger partial charge in [0.1, 0.15) is 11.6 Å². The second kappa shape index (κ2) is 6.76. The highest BCUT2D eigenvalue weighted by Crippen LogP contribution is 2.32. The fourth-order valence-electron chi connectivity index (χ4n) is 2.22. The van der Waals surface area contributed by atoms with Crippen LogP contribution in [-0.4, -0.2) is 24.3 Å². The van der Waals surface area contributed by atoms with Gasteiger partial charge in [0.15, 0.2) is 5.78 Å². The van der Waals surface area contributed by atoms with Crippen LogP contribution in [0.1, 0.15) is 36.0 Å². The third kappa shape index (κ3) is 4.32. The van der Waals surface area contributed by atoms with Gasteiger partial charge >= 0.3 is 0 Å². The minimum atomic E-state index is -0.904. The molecule has 3 N–H and O–H groups in total. The zero-order valence-corrected chi connectivity index (χ0v) is 11.6. The number of hydrogen-bond acceptors (Lipinski definition) is 3. The molecule has 1 aliphatic rings. The third-order valence-corrected chi connectivity index (χ3v) is 3.60. The van der Waals surface area contributed by atoms with Gasteiger partial charge in [0.05, 0.1) is 5.56 Å². The van der Waals surface area contributed by atoms with Crippen molar-refractivity contribution in [2.75, 3.05) is 6.54 Å². The molecule has 2 rings (SSSR count). The minimum absolute atomic E-state index is 0.0289. The second-order valence-electron chi connectivity index (χ2n) is 5.29. The highest BCUT2D eigenvalue weighted by atomic mass is 19.1. The first-order chi connectivity index (χ1) is 10.0. The minimum Gasteiger partial charge on any atom is -0.352 e. The Morgan fingerprint density at radius 2 is 2.00 bits per heavy atom. The van der Waals surface area contributed by atoms with Crippen molar-refractivity contribution in [3.05, 3.63) is 35.4 Å². The Balaban J connectivity index is 1.84. The van der Waals surface area contributed by atoms with E-state index in [1.807, 2.05) is 0 Å². The molecule has 4 nitrogen and oxygen atoms in total. The predicted molar refractivity (Wildman–Crippen MR) is 73.6 cm³/mol. The summed E-state index contributed by atoms with van der Waals surface area (Å²) in [7, 11) is 0. The predicted octanol–water partition coefficient (Wildman–Crippen LogP) is 1.78. The van der Waals surface area contributed by atoms with Gasteiger partial charge in [-0.05, 0) is 30.9 Å². The van der Waals surface area contributed by atoms with Crippen LogP contribution < -0.4 is 11.1 Å². The van der Waals surface area contributed by atoms with Crippen LogP contribution in [0.2, 0.25) is 0 Å². The molecule has 1 aromatic rings. The summed E-state index contributed by atoms with van der Waals surface area (Å²) in [5.74, 6) is -1.99. The summed E-state index contributed by atoms with van der Waals surface area (Å²) in [6, 6.07) is 2.73. The molecule has 1 amide bonds. The molecule has 1 aliphatic carbocycles. The van der Waals surface area contributed by atoms with E-state index in [0.717, 1.165) is 25.0 Å². The maximum Gasteiger partial charge on any atom is 0.220 e. The van der Waals surface area contributed by atoms with Gasteiger partial charge in [-0.3, -0.25) is 9.59 Å². The lowest BCUT2D eigenvalue weighted by atomic mass is 10.1. The summed E-state index contributed by atoms with van der Waals surface area (Å²) in [6.07, 6.45) is 1.97. The van der Waals surface area contributed by atoms with Gasteiger partial charge in [-0.25, -0.2) is 8.78 Å². The molecular weight excluding hydrogens is 278 g/mol. The molecule has 0 aromatic heterocycles. The molecule has 21 heavy (non-hydrogen) atoms. The van der Waals surface area contributed by atoms with E-state index in [0.29, 0.717) is 18.5 Å².